The molecule has 1 aliphatic heterocycles. The molecule has 1 saturated heterocycles. The van der Waals surface area contributed by atoms with E-state index in [4.69, 9.17) is 20.9 Å². The van der Waals surface area contributed by atoms with Gasteiger partial charge in [0.05, 0.1) is 35.2 Å². The van der Waals surface area contributed by atoms with E-state index < -0.39 is 0 Å². The second-order valence-corrected chi connectivity index (χ2v) is 7.23. The first kappa shape index (κ1) is 18.3. The molecule has 9 heteroatoms. The summed E-state index contributed by atoms with van der Waals surface area (Å²) in [6, 6.07) is 11.8. The molecule has 0 bridgehead atoms. The predicted molar refractivity (Wildman–Crippen MR) is 115 cm³/mol. The van der Waals surface area contributed by atoms with Gasteiger partial charge in [-0.05, 0) is 36.4 Å². The molecular formula is C21H21N7O2. The lowest BCUT2D eigenvalue weighted by molar-refractivity contribution is -0.129. The van der Waals surface area contributed by atoms with Gasteiger partial charge in [0.15, 0.2) is 5.58 Å². The second kappa shape index (κ2) is 7.27. The Morgan fingerprint density at radius 2 is 1.83 bits per heavy atom. The van der Waals surface area contributed by atoms with Crippen molar-refractivity contribution in [1.82, 2.24) is 19.9 Å². The lowest BCUT2D eigenvalue weighted by Gasteiger charge is -2.35. The van der Waals surface area contributed by atoms with E-state index in [-0.39, 0.29) is 18.5 Å². The lowest BCUT2D eigenvalue weighted by atomic mass is 10.1. The number of oxazole rings is 1. The Morgan fingerprint density at radius 1 is 1.00 bits per heavy atom. The zero-order valence-corrected chi connectivity index (χ0v) is 16.3. The molecule has 5 rings (SSSR count). The van der Waals surface area contributed by atoms with Gasteiger partial charge in [-0.2, -0.15) is 4.98 Å². The van der Waals surface area contributed by atoms with Gasteiger partial charge in [-0.25, -0.2) is 4.98 Å². The Morgan fingerprint density at radius 3 is 2.63 bits per heavy atom. The number of hydrogen-bond acceptors (Lipinski definition) is 8. The number of fused-ring (bicyclic) bond motifs is 2. The van der Waals surface area contributed by atoms with E-state index >= 15 is 0 Å². The van der Waals surface area contributed by atoms with Gasteiger partial charge < -0.3 is 25.7 Å². The number of rotatable bonds is 3. The van der Waals surface area contributed by atoms with Crippen LogP contribution < -0.4 is 16.4 Å². The molecule has 1 aromatic carbocycles. The van der Waals surface area contributed by atoms with Gasteiger partial charge in [-0.15, -0.1) is 0 Å². The summed E-state index contributed by atoms with van der Waals surface area (Å²) < 4.78 is 5.34. The number of nitrogens with two attached hydrogens (primary N) is 2. The third-order valence-electron chi connectivity index (χ3n) is 5.39. The van der Waals surface area contributed by atoms with Crippen LogP contribution in [0.4, 0.5) is 11.7 Å². The molecule has 0 spiro atoms. The number of aromatic nitrogens is 3. The van der Waals surface area contributed by atoms with Gasteiger partial charge in [0.25, 0.3) is 6.01 Å². The molecule has 0 atom stereocenters. The van der Waals surface area contributed by atoms with Crippen molar-refractivity contribution in [2.45, 2.75) is 0 Å². The van der Waals surface area contributed by atoms with Gasteiger partial charge in [-0.1, -0.05) is 0 Å². The summed E-state index contributed by atoms with van der Waals surface area (Å²) in [6.45, 7) is 2.84. The van der Waals surface area contributed by atoms with E-state index in [9.17, 15) is 4.79 Å². The minimum atomic E-state index is -0.0107. The number of benzene rings is 1. The van der Waals surface area contributed by atoms with Crippen molar-refractivity contribution in [1.29, 1.82) is 0 Å². The van der Waals surface area contributed by atoms with E-state index in [2.05, 4.69) is 14.9 Å². The standard InChI is InChI=1S/C21H21N7O2/c22-11-20(29)28-7-5-27(6-8-28)14-10-17-16(24-12-14)3-2-15(25-17)13-1-4-19-18(9-13)26-21(23)30-19/h1-4,9-10,12H,5-8,11,22H2,(H2,23,26). The molecule has 0 unspecified atom stereocenters. The molecule has 152 valence electrons. The number of nitrogen functional groups attached to an aromatic ring is 1. The maximum atomic E-state index is 11.8. The highest BCUT2D eigenvalue weighted by Crippen LogP contribution is 2.27. The molecular weight excluding hydrogens is 382 g/mol. The Balaban J connectivity index is 1.43. The quantitative estimate of drug-likeness (QED) is 0.528. The van der Waals surface area contributed by atoms with Gasteiger partial charge >= 0.3 is 0 Å². The van der Waals surface area contributed by atoms with E-state index in [1.807, 2.05) is 42.6 Å². The summed E-state index contributed by atoms with van der Waals surface area (Å²) in [4.78, 5) is 29.4. The fourth-order valence-corrected chi connectivity index (χ4v) is 3.78. The van der Waals surface area contributed by atoms with Crippen LogP contribution in [-0.2, 0) is 4.79 Å². The summed E-state index contributed by atoms with van der Waals surface area (Å²) in [5.74, 6) is -0.0107. The van der Waals surface area contributed by atoms with Gasteiger partial charge in [0.2, 0.25) is 5.91 Å². The predicted octanol–water partition coefficient (Wildman–Crippen LogP) is 1.63. The van der Waals surface area contributed by atoms with E-state index in [1.165, 1.54) is 0 Å². The molecule has 0 radical (unpaired) electrons. The minimum Gasteiger partial charge on any atom is -0.424 e. The molecule has 4 aromatic rings. The van der Waals surface area contributed by atoms with Gasteiger partial charge in [0, 0.05) is 31.7 Å². The summed E-state index contributed by atoms with van der Waals surface area (Å²) in [5.41, 5.74) is 16.8. The molecule has 9 nitrogen and oxygen atoms in total. The number of carbonyl (C=O) groups is 1. The number of hydrogen-bond donors (Lipinski definition) is 2. The summed E-state index contributed by atoms with van der Waals surface area (Å²) in [5, 5.41) is 0. The Labute approximate surface area is 172 Å². The third kappa shape index (κ3) is 3.29. The fraction of sp³-hybridized carbons (Fsp3) is 0.238. The zero-order valence-electron chi connectivity index (χ0n) is 16.3. The smallest absolute Gasteiger partial charge is 0.292 e. The molecule has 3 aromatic heterocycles. The number of carbonyl (C=O) groups excluding carboxylic acids is 1. The summed E-state index contributed by atoms with van der Waals surface area (Å²) >= 11 is 0. The highest BCUT2D eigenvalue weighted by molar-refractivity contribution is 5.84. The van der Waals surface area contributed by atoms with Crippen molar-refractivity contribution >= 4 is 39.7 Å². The van der Waals surface area contributed by atoms with Crippen molar-refractivity contribution in [2.75, 3.05) is 43.4 Å². The zero-order chi connectivity index (χ0) is 20.7. The number of piperazine rings is 1. The van der Waals surface area contributed by atoms with Crippen LogP contribution in [-0.4, -0.2) is 58.5 Å². The van der Waals surface area contributed by atoms with Crippen LogP contribution in [0.25, 0.3) is 33.4 Å². The maximum absolute atomic E-state index is 11.8. The third-order valence-corrected chi connectivity index (χ3v) is 5.39. The number of anilines is 2. The number of amides is 1. The maximum Gasteiger partial charge on any atom is 0.292 e. The van der Waals surface area contributed by atoms with Crippen molar-refractivity contribution in [3.8, 4) is 11.3 Å². The van der Waals surface area contributed by atoms with Crippen molar-refractivity contribution < 1.29 is 9.21 Å². The average Bonchev–Trinajstić information content (AvgIpc) is 3.17. The topological polar surface area (TPSA) is 127 Å². The normalized spacial score (nSPS) is 14.6. The van der Waals surface area contributed by atoms with Gasteiger partial charge in [0.1, 0.15) is 5.52 Å². The molecule has 4 heterocycles. The molecule has 1 amide bonds. The SMILES string of the molecule is NCC(=O)N1CCN(c2cnc3ccc(-c4ccc5oc(N)nc5c4)nc3c2)CC1. The van der Waals surface area contributed by atoms with Crippen LogP contribution in [0.2, 0.25) is 0 Å². The van der Waals surface area contributed by atoms with Crippen LogP contribution in [0.5, 0.6) is 0 Å². The molecule has 30 heavy (non-hydrogen) atoms. The van der Waals surface area contributed by atoms with Crippen LogP contribution in [0.3, 0.4) is 0 Å². The largest absolute Gasteiger partial charge is 0.424 e. The molecule has 1 fully saturated rings. The van der Waals surface area contributed by atoms with Crippen LogP contribution >= 0.6 is 0 Å². The highest BCUT2D eigenvalue weighted by Gasteiger charge is 2.20. The second-order valence-electron chi connectivity index (χ2n) is 7.23. The minimum absolute atomic E-state index is 0.0107. The molecule has 0 saturated carbocycles. The summed E-state index contributed by atoms with van der Waals surface area (Å²) in [7, 11) is 0. The Kier molecular flexibility index (Phi) is 4.44. The van der Waals surface area contributed by atoms with E-state index in [1.54, 1.807) is 4.90 Å². The lowest BCUT2D eigenvalue weighted by Crippen LogP contribution is -2.50. The first-order chi connectivity index (χ1) is 14.6. The Bertz CT molecular complexity index is 1240. The first-order valence-electron chi connectivity index (χ1n) is 9.77. The highest BCUT2D eigenvalue weighted by atomic mass is 16.4. The van der Waals surface area contributed by atoms with Crippen molar-refractivity contribution in [3.05, 3.63) is 42.6 Å². The molecule has 0 aliphatic carbocycles. The summed E-state index contributed by atoms with van der Waals surface area (Å²) in [6.07, 6.45) is 1.86. The Hall–Kier alpha value is -3.72. The molecule has 4 N–H and O–H groups in total. The van der Waals surface area contributed by atoms with Crippen LogP contribution in [0.1, 0.15) is 0 Å². The van der Waals surface area contributed by atoms with E-state index in [0.29, 0.717) is 24.2 Å². The molecule has 1 aliphatic rings. The van der Waals surface area contributed by atoms with E-state index in [0.717, 1.165) is 41.1 Å². The van der Waals surface area contributed by atoms with Crippen molar-refractivity contribution in [3.63, 3.8) is 0 Å². The fourth-order valence-electron chi connectivity index (χ4n) is 3.78. The number of nitrogens with zero attached hydrogens (tertiary/aromatic N) is 5. The average molecular weight is 403 g/mol. The number of pyridine rings is 2. The van der Waals surface area contributed by atoms with Crippen LogP contribution in [0, 0.1) is 0 Å². The van der Waals surface area contributed by atoms with Crippen molar-refractivity contribution in [2.24, 2.45) is 5.73 Å². The first-order valence-corrected chi connectivity index (χ1v) is 9.77. The monoisotopic (exact) mass is 403 g/mol. The van der Waals surface area contributed by atoms with Gasteiger partial charge in [-0.3, -0.25) is 9.78 Å². The van der Waals surface area contributed by atoms with Crippen LogP contribution in [0.15, 0.2) is 47.0 Å².